The smallest absolute Gasteiger partial charge is 0.337 e. The Morgan fingerprint density at radius 3 is 2.62 bits per heavy atom. The number of esters is 1. The number of Topliss-reactive ketones (excluding diaryl/α,β-unsaturated/α-hetero) is 1. The SMILES string of the molecule is CC1=C(C(=O)OC2CCCC2)[C@H](c2ccc(C)s2)C2=C(CCCC2=O)N1. The number of rotatable bonds is 3. The summed E-state index contributed by atoms with van der Waals surface area (Å²) < 4.78 is 5.83. The highest BCUT2D eigenvalue weighted by Crippen LogP contribution is 2.44. The summed E-state index contributed by atoms with van der Waals surface area (Å²) in [5.41, 5.74) is 3.22. The number of dihydropyridines is 1. The molecule has 0 bridgehead atoms. The van der Waals surface area contributed by atoms with Crippen molar-refractivity contribution in [1.82, 2.24) is 5.32 Å². The summed E-state index contributed by atoms with van der Waals surface area (Å²) in [5, 5.41) is 3.35. The summed E-state index contributed by atoms with van der Waals surface area (Å²) in [5.74, 6) is -0.386. The maximum Gasteiger partial charge on any atom is 0.337 e. The molecule has 4 rings (SSSR count). The Morgan fingerprint density at radius 2 is 1.92 bits per heavy atom. The summed E-state index contributed by atoms with van der Waals surface area (Å²) in [6.45, 7) is 3.99. The first-order valence-electron chi connectivity index (χ1n) is 9.56. The molecule has 1 fully saturated rings. The molecule has 1 saturated carbocycles. The maximum atomic E-state index is 13.1. The fourth-order valence-corrected chi connectivity index (χ4v) is 5.37. The summed E-state index contributed by atoms with van der Waals surface area (Å²) in [6.07, 6.45) is 6.45. The molecular formula is C21H25NO3S. The standard InChI is InChI=1S/C21H25NO3S/c1-12-10-11-17(26-12)20-18(21(24)25-14-6-3-4-7-14)13(2)22-15-8-5-9-16(23)19(15)20/h10-11,14,20,22H,3-9H2,1-2H3/t20-/m0/s1. The highest BCUT2D eigenvalue weighted by atomic mass is 32.1. The zero-order chi connectivity index (χ0) is 18.3. The lowest BCUT2D eigenvalue weighted by Crippen LogP contribution is -2.34. The Labute approximate surface area is 158 Å². The molecule has 0 spiro atoms. The van der Waals surface area contributed by atoms with Crippen LogP contribution in [0.2, 0.25) is 0 Å². The number of carbonyl (C=O) groups excluding carboxylic acids is 2. The molecular weight excluding hydrogens is 346 g/mol. The van der Waals surface area contributed by atoms with E-state index < -0.39 is 0 Å². The third kappa shape index (κ3) is 3.13. The predicted molar refractivity (Wildman–Crippen MR) is 102 cm³/mol. The Kier molecular flexibility index (Phi) is 4.74. The van der Waals surface area contributed by atoms with Crippen LogP contribution in [0.15, 0.2) is 34.7 Å². The second-order valence-electron chi connectivity index (χ2n) is 7.53. The van der Waals surface area contributed by atoms with Gasteiger partial charge in [-0.25, -0.2) is 4.79 Å². The summed E-state index contributed by atoms with van der Waals surface area (Å²) in [4.78, 5) is 28.1. The van der Waals surface area contributed by atoms with E-state index in [0.29, 0.717) is 12.0 Å². The number of ether oxygens (including phenoxy) is 1. The number of ketones is 1. The van der Waals surface area contributed by atoms with Crippen LogP contribution < -0.4 is 5.32 Å². The first kappa shape index (κ1) is 17.5. The molecule has 26 heavy (non-hydrogen) atoms. The molecule has 2 heterocycles. The zero-order valence-electron chi connectivity index (χ0n) is 15.4. The summed E-state index contributed by atoms with van der Waals surface area (Å²) in [6, 6.07) is 4.11. The third-order valence-corrected chi connectivity index (χ3v) is 6.68. The van der Waals surface area contributed by atoms with Crippen molar-refractivity contribution in [3.63, 3.8) is 0 Å². The number of nitrogens with one attached hydrogen (secondary N) is 1. The molecule has 4 nitrogen and oxygen atoms in total. The minimum atomic E-state index is -0.286. The van der Waals surface area contributed by atoms with Crippen LogP contribution >= 0.6 is 11.3 Å². The molecule has 1 atom stereocenters. The van der Waals surface area contributed by atoms with E-state index in [1.54, 1.807) is 11.3 Å². The monoisotopic (exact) mass is 371 g/mol. The molecule has 1 aliphatic heterocycles. The first-order valence-corrected chi connectivity index (χ1v) is 10.4. The maximum absolute atomic E-state index is 13.1. The van der Waals surface area contributed by atoms with Crippen molar-refractivity contribution in [3.8, 4) is 0 Å². The van der Waals surface area contributed by atoms with Crippen LogP contribution in [0, 0.1) is 6.92 Å². The van der Waals surface area contributed by atoms with Crippen LogP contribution in [0.4, 0.5) is 0 Å². The molecule has 0 radical (unpaired) electrons. The van der Waals surface area contributed by atoms with Crippen LogP contribution in [0.3, 0.4) is 0 Å². The lowest BCUT2D eigenvalue weighted by Gasteiger charge is -2.33. The Balaban J connectivity index is 1.74. The Morgan fingerprint density at radius 1 is 1.15 bits per heavy atom. The van der Waals surface area contributed by atoms with E-state index in [4.69, 9.17) is 4.74 Å². The van der Waals surface area contributed by atoms with E-state index in [9.17, 15) is 9.59 Å². The molecule has 0 saturated heterocycles. The van der Waals surface area contributed by atoms with Crippen LogP contribution in [0.25, 0.3) is 0 Å². The van der Waals surface area contributed by atoms with Crippen molar-refractivity contribution in [2.24, 2.45) is 0 Å². The van der Waals surface area contributed by atoms with Gasteiger partial charge in [0.15, 0.2) is 5.78 Å². The van der Waals surface area contributed by atoms with Crippen molar-refractivity contribution in [2.45, 2.75) is 70.8 Å². The quantitative estimate of drug-likeness (QED) is 0.794. The third-order valence-electron chi connectivity index (χ3n) is 5.62. The van der Waals surface area contributed by atoms with E-state index in [2.05, 4.69) is 24.4 Å². The van der Waals surface area contributed by atoms with E-state index in [-0.39, 0.29) is 23.8 Å². The van der Waals surface area contributed by atoms with Gasteiger partial charge >= 0.3 is 5.97 Å². The van der Waals surface area contributed by atoms with Gasteiger partial charge in [-0.1, -0.05) is 0 Å². The van der Waals surface area contributed by atoms with Gasteiger partial charge < -0.3 is 10.1 Å². The fraction of sp³-hybridized carbons (Fsp3) is 0.524. The van der Waals surface area contributed by atoms with E-state index in [0.717, 1.165) is 60.4 Å². The Bertz CT molecular complexity index is 811. The molecule has 138 valence electrons. The van der Waals surface area contributed by atoms with Crippen molar-refractivity contribution < 1.29 is 14.3 Å². The molecule has 0 unspecified atom stereocenters. The van der Waals surface area contributed by atoms with Gasteiger partial charge in [0, 0.05) is 33.1 Å². The van der Waals surface area contributed by atoms with E-state index in [1.165, 1.54) is 4.88 Å². The van der Waals surface area contributed by atoms with Gasteiger partial charge in [0.25, 0.3) is 0 Å². The van der Waals surface area contributed by atoms with Gasteiger partial charge in [0.1, 0.15) is 6.10 Å². The van der Waals surface area contributed by atoms with Crippen molar-refractivity contribution in [3.05, 3.63) is 44.4 Å². The summed E-state index contributed by atoms with van der Waals surface area (Å²) in [7, 11) is 0. The predicted octanol–water partition coefficient (Wildman–Crippen LogP) is 4.51. The second-order valence-corrected chi connectivity index (χ2v) is 8.85. The van der Waals surface area contributed by atoms with Gasteiger partial charge in [0.05, 0.1) is 11.5 Å². The number of aryl methyl sites for hydroxylation is 1. The molecule has 2 aliphatic carbocycles. The number of carbonyl (C=O) groups is 2. The average Bonchev–Trinajstić information content (AvgIpc) is 3.25. The van der Waals surface area contributed by atoms with Gasteiger partial charge in [-0.05, 0) is 64.5 Å². The van der Waals surface area contributed by atoms with Gasteiger partial charge in [0.2, 0.25) is 0 Å². The lowest BCUT2D eigenvalue weighted by atomic mass is 9.78. The minimum absolute atomic E-state index is 0.0194. The van der Waals surface area contributed by atoms with Crippen molar-refractivity contribution >= 4 is 23.1 Å². The molecule has 1 N–H and O–H groups in total. The van der Waals surface area contributed by atoms with Gasteiger partial charge in [-0.15, -0.1) is 11.3 Å². The number of hydrogen-bond acceptors (Lipinski definition) is 5. The molecule has 0 aromatic carbocycles. The topological polar surface area (TPSA) is 55.4 Å². The fourth-order valence-electron chi connectivity index (χ4n) is 4.37. The van der Waals surface area contributed by atoms with Gasteiger partial charge in [-0.2, -0.15) is 0 Å². The van der Waals surface area contributed by atoms with Crippen molar-refractivity contribution in [2.75, 3.05) is 0 Å². The highest BCUT2D eigenvalue weighted by Gasteiger charge is 2.40. The molecule has 5 heteroatoms. The van der Waals surface area contributed by atoms with Crippen LogP contribution in [-0.4, -0.2) is 17.9 Å². The second kappa shape index (κ2) is 7.03. The summed E-state index contributed by atoms with van der Waals surface area (Å²) >= 11 is 1.66. The van der Waals surface area contributed by atoms with Crippen LogP contribution in [-0.2, 0) is 14.3 Å². The largest absolute Gasteiger partial charge is 0.459 e. The van der Waals surface area contributed by atoms with Crippen LogP contribution in [0.1, 0.15) is 67.5 Å². The van der Waals surface area contributed by atoms with Gasteiger partial charge in [-0.3, -0.25) is 4.79 Å². The molecule has 0 amide bonds. The van der Waals surface area contributed by atoms with E-state index in [1.807, 2.05) is 6.92 Å². The van der Waals surface area contributed by atoms with Crippen molar-refractivity contribution in [1.29, 1.82) is 0 Å². The number of allylic oxidation sites excluding steroid dienone is 3. The normalized spacial score (nSPS) is 23.9. The molecule has 1 aromatic rings. The first-order chi connectivity index (χ1) is 12.5. The molecule has 1 aromatic heterocycles. The number of thiophene rings is 1. The molecule has 3 aliphatic rings. The minimum Gasteiger partial charge on any atom is -0.459 e. The Hall–Kier alpha value is -1.88. The zero-order valence-corrected chi connectivity index (χ0v) is 16.2. The lowest BCUT2D eigenvalue weighted by molar-refractivity contribution is -0.144. The van der Waals surface area contributed by atoms with Crippen LogP contribution in [0.5, 0.6) is 0 Å². The number of hydrogen-bond donors (Lipinski definition) is 1. The van der Waals surface area contributed by atoms with E-state index >= 15 is 0 Å². The average molecular weight is 372 g/mol. The highest BCUT2D eigenvalue weighted by molar-refractivity contribution is 7.12.